The maximum atomic E-state index is 13.2. The zero-order valence-electron chi connectivity index (χ0n) is 15.9. The second kappa shape index (κ2) is 7.34. The van der Waals surface area contributed by atoms with E-state index in [0.717, 1.165) is 22.6 Å². The third-order valence-corrected chi connectivity index (χ3v) is 5.08. The first-order chi connectivity index (χ1) is 13.6. The third kappa shape index (κ3) is 3.19. The highest BCUT2D eigenvalue weighted by molar-refractivity contribution is 6.01. The highest BCUT2D eigenvalue weighted by atomic mass is 16.5. The van der Waals surface area contributed by atoms with Crippen LogP contribution in [0.15, 0.2) is 60.1 Å². The number of nitrogens with zero attached hydrogens (tertiary/aromatic N) is 3. The Hall–Kier alpha value is -3.35. The molecule has 7 nitrogen and oxygen atoms in total. The third-order valence-electron chi connectivity index (χ3n) is 5.08. The van der Waals surface area contributed by atoms with Crippen LogP contribution in [0.3, 0.4) is 0 Å². The SMILES string of the molecule is CCOc1ccc(C2NC(=O)N(C)C3=C2C(=O)N(Cc2ccncc2)C3)cc1. The lowest BCUT2D eigenvalue weighted by Crippen LogP contribution is -2.45. The lowest BCUT2D eigenvalue weighted by molar-refractivity contribution is -0.126. The number of pyridine rings is 1. The minimum atomic E-state index is -0.468. The number of hydrogen-bond acceptors (Lipinski definition) is 4. The van der Waals surface area contributed by atoms with Gasteiger partial charge in [-0.15, -0.1) is 0 Å². The first kappa shape index (κ1) is 18.0. The molecular weight excluding hydrogens is 356 g/mol. The number of urea groups is 1. The van der Waals surface area contributed by atoms with Crippen LogP contribution in [-0.2, 0) is 11.3 Å². The summed E-state index contributed by atoms with van der Waals surface area (Å²) in [5.74, 6) is 0.703. The topological polar surface area (TPSA) is 74.8 Å². The van der Waals surface area contributed by atoms with Crippen molar-refractivity contribution in [2.45, 2.75) is 19.5 Å². The molecule has 1 aromatic heterocycles. The number of aromatic nitrogens is 1. The zero-order valence-corrected chi connectivity index (χ0v) is 15.9. The van der Waals surface area contributed by atoms with Crippen LogP contribution < -0.4 is 10.1 Å². The molecule has 0 radical (unpaired) electrons. The second-order valence-corrected chi connectivity index (χ2v) is 6.82. The molecule has 0 aliphatic carbocycles. The van der Waals surface area contributed by atoms with Crippen molar-refractivity contribution in [2.75, 3.05) is 20.2 Å². The minimum absolute atomic E-state index is 0.0578. The van der Waals surface area contributed by atoms with Crippen molar-refractivity contribution in [1.29, 1.82) is 0 Å². The fraction of sp³-hybridized carbons (Fsp3) is 0.286. The maximum Gasteiger partial charge on any atom is 0.322 e. The summed E-state index contributed by atoms with van der Waals surface area (Å²) in [4.78, 5) is 33.0. The van der Waals surface area contributed by atoms with E-state index in [2.05, 4.69) is 10.3 Å². The predicted octanol–water partition coefficient (Wildman–Crippen LogP) is 2.47. The molecule has 28 heavy (non-hydrogen) atoms. The van der Waals surface area contributed by atoms with Crippen LogP contribution in [0, 0.1) is 0 Å². The Kier molecular flexibility index (Phi) is 4.73. The van der Waals surface area contributed by atoms with Crippen molar-refractivity contribution in [3.63, 3.8) is 0 Å². The van der Waals surface area contributed by atoms with Crippen LogP contribution in [0.2, 0.25) is 0 Å². The van der Waals surface area contributed by atoms with E-state index in [1.807, 2.05) is 43.3 Å². The second-order valence-electron chi connectivity index (χ2n) is 6.82. The molecule has 0 saturated carbocycles. The smallest absolute Gasteiger partial charge is 0.322 e. The summed E-state index contributed by atoms with van der Waals surface area (Å²) in [7, 11) is 1.70. The van der Waals surface area contributed by atoms with Crippen molar-refractivity contribution >= 4 is 11.9 Å². The van der Waals surface area contributed by atoms with Gasteiger partial charge in [0.2, 0.25) is 0 Å². The molecule has 1 aromatic carbocycles. The molecule has 4 rings (SSSR count). The predicted molar refractivity (Wildman–Crippen MR) is 103 cm³/mol. The van der Waals surface area contributed by atoms with E-state index in [0.29, 0.717) is 25.3 Å². The summed E-state index contributed by atoms with van der Waals surface area (Å²) in [6, 6.07) is 10.6. The summed E-state index contributed by atoms with van der Waals surface area (Å²) in [6.45, 7) is 3.40. The summed E-state index contributed by atoms with van der Waals surface area (Å²) in [6.07, 6.45) is 3.42. The van der Waals surface area contributed by atoms with E-state index >= 15 is 0 Å². The van der Waals surface area contributed by atoms with Gasteiger partial charge in [-0.1, -0.05) is 12.1 Å². The summed E-state index contributed by atoms with van der Waals surface area (Å²) in [5.41, 5.74) is 3.24. The number of ether oxygens (including phenoxy) is 1. The van der Waals surface area contributed by atoms with Crippen molar-refractivity contribution in [2.24, 2.45) is 0 Å². The van der Waals surface area contributed by atoms with Crippen LogP contribution in [0.4, 0.5) is 4.79 Å². The summed E-state index contributed by atoms with van der Waals surface area (Å²) >= 11 is 0. The zero-order chi connectivity index (χ0) is 19.7. The highest BCUT2D eigenvalue weighted by Crippen LogP contribution is 2.36. The van der Waals surface area contributed by atoms with Gasteiger partial charge >= 0.3 is 6.03 Å². The number of likely N-dealkylation sites (N-methyl/N-ethyl adjacent to an activating group) is 1. The highest BCUT2D eigenvalue weighted by Gasteiger charge is 2.42. The van der Waals surface area contributed by atoms with E-state index in [1.54, 1.807) is 24.3 Å². The molecule has 1 atom stereocenters. The number of nitrogens with one attached hydrogen (secondary N) is 1. The first-order valence-electron chi connectivity index (χ1n) is 9.26. The Bertz CT molecular complexity index is 924. The van der Waals surface area contributed by atoms with Gasteiger partial charge in [-0.25, -0.2) is 4.79 Å². The molecule has 0 bridgehead atoms. The Morgan fingerprint density at radius 2 is 1.86 bits per heavy atom. The van der Waals surface area contributed by atoms with Crippen molar-refractivity contribution in [3.8, 4) is 5.75 Å². The molecule has 0 fully saturated rings. The van der Waals surface area contributed by atoms with Crippen molar-refractivity contribution in [3.05, 3.63) is 71.2 Å². The summed E-state index contributed by atoms with van der Waals surface area (Å²) < 4.78 is 5.49. The molecule has 2 aliphatic heterocycles. The van der Waals surface area contributed by atoms with Crippen molar-refractivity contribution < 1.29 is 14.3 Å². The van der Waals surface area contributed by atoms with Gasteiger partial charge in [-0.3, -0.25) is 14.7 Å². The first-order valence-corrected chi connectivity index (χ1v) is 9.26. The molecule has 0 spiro atoms. The molecule has 3 amide bonds. The normalized spacial score (nSPS) is 19.0. The Morgan fingerprint density at radius 3 is 2.54 bits per heavy atom. The molecule has 2 aliphatic rings. The fourth-order valence-corrected chi connectivity index (χ4v) is 3.63. The molecular formula is C21H22N4O3. The monoisotopic (exact) mass is 378 g/mol. The van der Waals surface area contributed by atoms with E-state index in [-0.39, 0.29) is 11.9 Å². The Balaban J connectivity index is 1.63. The number of benzene rings is 1. The number of carbonyl (C=O) groups is 2. The van der Waals surface area contributed by atoms with E-state index in [9.17, 15) is 9.59 Å². The van der Waals surface area contributed by atoms with Gasteiger partial charge in [-0.2, -0.15) is 0 Å². The van der Waals surface area contributed by atoms with Gasteiger partial charge in [0.25, 0.3) is 5.91 Å². The van der Waals surface area contributed by atoms with Gasteiger partial charge in [0.1, 0.15) is 5.75 Å². The number of rotatable bonds is 5. The van der Waals surface area contributed by atoms with Crippen molar-refractivity contribution in [1.82, 2.24) is 20.1 Å². The fourth-order valence-electron chi connectivity index (χ4n) is 3.63. The van der Waals surface area contributed by atoms with Crippen LogP contribution in [-0.4, -0.2) is 46.9 Å². The van der Waals surface area contributed by atoms with Crippen LogP contribution >= 0.6 is 0 Å². The Morgan fingerprint density at radius 1 is 1.14 bits per heavy atom. The maximum absolute atomic E-state index is 13.2. The molecule has 1 unspecified atom stereocenters. The quantitative estimate of drug-likeness (QED) is 0.867. The average Bonchev–Trinajstić information content (AvgIpc) is 3.03. The molecule has 7 heteroatoms. The van der Waals surface area contributed by atoms with Gasteiger partial charge in [0.05, 0.1) is 30.5 Å². The molecule has 0 saturated heterocycles. The van der Waals surface area contributed by atoms with Gasteiger partial charge in [-0.05, 0) is 42.3 Å². The van der Waals surface area contributed by atoms with Crippen LogP contribution in [0.5, 0.6) is 5.75 Å². The number of amides is 3. The summed E-state index contributed by atoms with van der Waals surface area (Å²) in [5, 5.41) is 2.95. The molecule has 144 valence electrons. The number of carbonyl (C=O) groups excluding carboxylic acids is 2. The average molecular weight is 378 g/mol. The van der Waals surface area contributed by atoms with E-state index in [4.69, 9.17) is 4.74 Å². The van der Waals surface area contributed by atoms with Gasteiger partial charge in [0.15, 0.2) is 0 Å². The molecule has 3 heterocycles. The largest absolute Gasteiger partial charge is 0.494 e. The van der Waals surface area contributed by atoms with Gasteiger partial charge in [0, 0.05) is 26.0 Å². The minimum Gasteiger partial charge on any atom is -0.494 e. The lowest BCUT2D eigenvalue weighted by atomic mass is 9.95. The molecule has 2 aromatic rings. The van der Waals surface area contributed by atoms with Crippen LogP contribution in [0.1, 0.15) is 24.1 Å². The standard InChI is InChI=1S/C21H22N4O3/c1-3-28-16-6-4-15(5-7-16)19-18-17(24(2)21(27)23-19)13-25(20(18)26)12-14-8-10-22-11-9-14/h4-11,19H,3,12-13H2,1-2H3,(H,23,27). The number of hydrogen-bond donors (Lipinski definition) is 1. The lowest BCUT2D eigenvalue weighted by Gasteiger charge is -2.31. The van der Waals surface area contributed by atoms with E-state index in [1.165, 1.54) is 4.90 Å². The van der Waals surface area contributed by atoms with Crippen LogP contribution in [0.25, 0.3) is 0 Å². The molecule has 1 N–H and O–H groups in total. The Labute approximate surface area is 163 Å². The van der Waals surface area contributed by atoms with Gasteiger partial charge < -0.3 is 15.0 Å². The van der Waals surface area contributed by atoms with E-state index < -0.39 is 6.04 Å².